The molecular weight excluding hydrogens is 246 g/mol. The number of carbonyl (C=O) groups is 2. The van der Waals surface area contributed by atoms with Crippen LogP contribution in [-0.4, -0.2) is 34.4 Å². The number of carboxylic acids is 2. The number of carboxylic acid groups (broad SMARTS) is 2. The normalized spacial score (nSPS) is 12.8. The first-order chi connectivity index (χ1) is 9.09. The highest BCUT2D eigenvalue weighted by atomic mass is 16.4. The van der Waals surface area contributed by atoms with Crippen molar-refractivity contribution in [3.8, 4) is 0 Å². The lowest BCUT2D eigenvalue weighted by molar-refractivity contribution is -0.139. The largest absolute Gasteiger partial charge is 0.481 e. The van der Waals surface area contributed by atoms with Gasteiger partial charge in [-0.15, -0.1) is 0 Å². The third-order valence-corrected chi connectivity index (χ3v) is 2.36. The molecule has 100 valence electrons. The summed E-state index contributed by atoms with van der Waals surface area (Å²) in [5.41, 5.74) is 0.978. The summed E-state index contributed by atoms with van der Waals surface area (Å²) in [6.45, 7) is 0. The zero-order chi connectivity index (χ0) is 14.1. The van der Waals surface area contributed by atoms with E-state index in [0.717, 1.165) is 5.56 Å². The summed E-state index contributed by atoms with van der Waals surface area (Å²) in [5, 5.41) is 17.4. The van der Waals surface area contributed by atoms with Crippen LogP contribution in [-0.2, 0) is 9.59 Å². The van der Waals surface area contributed by atoms with Crippen molar-refractivity contribution in [3.63, 3.8) is 0 Å². The maximum atomic E-state index is 10.8. The second-order valence-corrected chi connectivity index (χ2v) is 3.85. The first kappa shape index (κ1) is 14.6. The van der Waals surface area contributed by atoms with Crippen LogP contribution in [0.4, 0.5) is 0 Å². The first-order valence-electron chi connectivity index (χ1n) is 5.79. The molecule has 0 spiro atoms. The Balaban J connectivity index is 2.54. The van der Waals surface area contributed by atoms with Crippen molar-refractivity contribution in [1.82, 2.24) is 0 Å². The molecule has 1 aromatic rings. The molecule has 0 amide bonds. The summed E-state index contributed by atoms with van der Waals surface area (Å²) < 4.78 is 0. The Hall–Kier alpha value is -2.43. The Morgan fingerprint density at radius 1 is 1.21 bits per heavy atom. The fourth-order valence-corrected chi connectivity index (χ4v) is 1.39. The number of hydrogen-bond donors (Lipinski definition) is 2. The molecule has 0 aliphatic rings. The van der Waals surface area contributed by atoms with E-state index in [1.165, 1.54) is 6.21 Å². The van der Waals surface area contributed by atoms with Gasteiger partial charge >= 0.3 is 11.9 Å². The summed E-state index contributed by atoms with van der Waals surface area (Å²) >= 11 is 0. The highest BCUT2D eigenvalue weighted by Gasteiger charge is 2.16. The van der Waals surface area contributed by atoms with Crippen LogP contribution in [0, 0.1) is 0 Å². The van der Waals surface area contributed by atoms with Gasteiger partial charge in [0.15, 0.2) is 0 Å². The van der Waals surface area contributed by atoms with E-state index in [1.807, 2.05) is 30.3 Å². The maximum Gasteiger partial charge on any atom is 0.328 e. The van der Waals surface area contributed by atoms with Crippen molar-refractivity contribution in [2.75, 3.05) is 0 Å². The quantitative estimate of drug-likeness (QED) is 0.736. The number of nitrogens with zero attached hydrogens (tertiary/aromatic N) is 1. The van der Waals surface area contributed by atoms with E-state index >= 15 is 0 Å². The molecule has 0 bridgehead atoms. The van der Waals surface area contributed by atoms with E-state index in [9.17, 15) is 9.59 Å². The summed E-state index contributed by atoms with van der Waals surface area (Å²) in [5.74, 6) is -2.15. The molecule has 0 aliphatic carbocycles. The highest BCUT2D eigenvalue weighted by Crippen LogP contribution is 2.03. The van der Waals surface area contributed by atoms with Crippen LogP contribution in [0.5, 0.6) is 0 Å². The molecule has 0 saturated heterocycles. The van der Waals surface area contributed by atoms with Gasteiger partial charge in [-0.1, -0.05) is 36.4 Å². The second-order valence-electron chi connectivity index (χ2n) is 3.85. The Bertz CT molecular complexity index is 479. The summed E-state index contributed by atoms with van der Waals surface area (Å²) in [4.78, 5) is 25.1. The third-order valence-electron chi connectivity index (χ3n) is 2.36. The minimum absolute atomic E-state index is 0.0135. The SMILES string of the molecule is O=C(O)CCC(N=C/C=C/c1ccccc1)C(=O)O. The van der Waals surface area contributed by atoms with Crippen molar-refractivity contribution in [1.29, 1.82) is 0 Å². The predicted octanol–water partition coefficient (Wildman–Crippen LogP) is 2.09. The van der Waals surface area contributed by atoms with Crippen molar-refractivity contribution in [2.24, 2.45) is 4.99 Å². The monoisotopic (exact) mass is 261 g/mol. The number of aliphatic carboxylic acids is 2. The summed E-state index contributed by atoms with van der Waals surface area (Å²) in [7, 11) is 0. The molecule has 0 fully saturated rings. The number of hydrogen-bond acceptors (Lipinski definition) is 3. The minimum atomic E-state index is -1.12. The molecule has 1 rings (SSSR count). The topological polar surface area (TPSA) is 87.0 Å². The van der Waals surface area contributed by atoms with Gasteiger partial charge in [0.2, 0.25) is 0 Å². The van der Waals surface area contributed by atoms with Gasteiger partial charge in [-0.3, -0.25) is 9.79 Å². The minimum Gasteiger partial charge on any atom is -0.481 e. The molecule has 0 heterocycles. The van der Waals surface area contributed by atoms with Crippen LogP contribution < -0.4 is 0 Å². The number of rotatable bonds is 7. The molecule has 1 unspecified atom stereocenters. The predicted molar refractivity (Wildman–Crippen MR) is 72.3 cm³/mol. The van der Waals surface area contributed by atoms with Crippen molar-refractivity contribution in [3.05, 3.63) is 42.0 Å². The molecule has 1 atom stereocenters. The smallest absolute Gasteiger partial charge is 0.328 e. The molecule has 5 heteroatoms. The van der Waals surface area contributed by atoms with Gasteiger partial charge in [0.1, 0.15) is 6.04 Å². The van der Waals surface area contributed by atoms with E-state index in [-0.39, 0.29) is 12.8 Å². The van der Waals surface area contributed by atoms with Gasteiger partial charge in [-0.2, -0.15) is 0 Å². The van der Waals surface area contributed by atoms with Crippen LogP contribution in [0.25, 0.3) is 6.08 Å². The van der Waals surface area contributed by atoms with Crippen LogP contribution in [0.1, 0.15) is 18.4 Å². The van der Waals surface area contributed by atoms with E-state index in [2.05, 4.69) is 4.99 Å². The zero-order valence-corrected chi connectivity index (χ0v) is 10.3. The lowest BCUT2D eigenvalue weighted by Crippen LogP contribution is -2.19. The maximum absolute atomic E-state index is 10.8. The molecular formula is C14H15NO4. The van der Waals surface area contributed by atoms with E-state index in [0.29, 0.717) is 0 Å². The number of allylic oxidation sites excluding steroid dienone is 1. The second kappa shape index (κ2) is 7.81. The van der Waals surface area contributed by atoms with Gasteiger partial charge < -0.3 is 10.2 Å². The Kier molecular flexibility index (Phi) is 6.02. The van der Waals surface area contributed by atoms with Gasteiger partial charge in [-0.25, -0.2) is 4.79 Å². The van der Waals surface area contributed by atoms with Crippen molar-refractivity contribution < 1.29 is 19.8 Å². The van der Waals surface area contributed by atoms with E-state index in [1.54, 1.807) is 12.2 Å². The van der Waals surface area contributed by atoms with Crippen molar-refractivity contribution >= 4 is 24.2 Å². The number of aliphatic imine (C=N–C) groups is 1. The molecule has 1 aromatic carbocycles. The van der Waals surface area contributed by atoms with E-state index < -0.39 is 18.0 Å². The summed E-state index contributed by atoms with van der Waals surface area (Å²) in [6, 6.07) is 8.48. The fraction of sp³-hybridized carbons (Fsp3) is 0.214. The molecule has 19 heavy (non-hydrogen) atoms. The molecule has 2 N–H and O–H groups in total. The van der Waals surface area contributed by atoms with Gasteiger partial charge in [0.25, 0.3) is 0 Å². The highest BCUT2D eigenvalue weighted by molar-refractivity contribution is 5.82. The Labute approximate surface area is 110 Å². The fourth-order valence-electron chi connectivity index (χ4n) is 1.39. The average Bonchev–Trinajstić information content (AvgIpc) is 2.38. The Morgan fingerprint density at radius 3 is 2.47 bits per heavy atom. The molecule has 0 aromatic heterocycles. The third kappa shape index (κ3) is 6.16. The lowest BCUT2D eigenvalue weighted by Gasteiger charge is -2.03. The van der Waals surface area contributed by atoms with Gasteiger partial charge in [-0.05, 0) is 18.1 Å². The van der Waals surface area contributed by atoms with Gasteiger partial charge in [0.05, 0.1) is 0 Å². The van der Waals surface area contributed by atoms with Crippen LogP contribution in [0.3, 0.4) is 0 Å². The number of benzene rings is 1. The van der Waals surface area contributed by atoms with Crippen LogP contribution >= 0.6 is 0 Å². The standard InChI is InChI=1S/C14H15NO4/c16-13(17)9-8-12(14(18)19)15-10-4-7-11-5-2-1-3-6-11/h1-7,10,12H,8-9H2,(H,16,17)(H,18,19)/b7-4+,15-10?. The summed E-state index contributed by atoms with van der Waals surface area (Å²) in [6.07, 6.45) is 4.58. The lowest BCUT2D eigenvalue weighted by atomic mass is 10.1. The molecule has 0 saturated carbocycles. The zero-order valence-electron chi connectivity index (χ0n) is 10.3. The molecule has 5 nitrogen and oxygen atoms in total. The molecule has 0 radical (unpaired) electrons. The van der Waals surface area contributed by atoms with Crippen molar-refractivity contribution in [2.45, 2.75) is 18.9 Å². The first-order valence-corrected chi connectivity index (χ1v) is 5.79. The van der Waals surface area contributed by atoms with Gasteiger partial charge in [0, 0.05) is 12.6 Å². The van der Waals surface area contributed by atoms with Crippen LogP contribution in [0.15, 0.2) is 41.4 Å². The Morgan fingerprint density at radius 2 is 1.89 bits per heavy atom. The average molecular weight is 261 g/mol. The molecule has 0 aliphatic heterocycles. The van der Waals surface area contributed by atoms with Crippen LogP contribution in [0.2, 0.25) is 0 Å². The van der Waals surface area contributed by atoms with E-state index in [4.69, 9.17) is 10.2 Å².